The lowest BCUT2D eigenvalue weighted by Crippen LogP contribution is -2.51. The number of H-pyrrole nitrogens is 1. The molecule has 264 valence electrons. The van der Waals surface area contributed by atoms with Gasteiger partial charge in [0.05, 0.1) is 17.4 Å². The number of rotatable bonds is 5. The van der Waals surface area contributed by atoms with Gasteiger partial charge in [-0.05, 0) is 71.0 Å². The largest absolute Gasteiger partial charge is 0.351 e. The number of hydrogen-bond acceptors (Lipinski definition) is 5. The summed E-state index contributed by atoms with van der Waals surface area (Å²) in [7, 11) is 3.52. The van der Waals surface area contributed by atoms with Gasteiger partial charge in [-0.25, -0.2) is 9.78 Å². The lowest BCUT2D eigenvalue weighted by atomic mass is 9.82. The molecule has 8 rings (SSSR count). The Balaban J connectivity index is 1.28. The van der Waals surface area contributed by atoms with Crippen LogP contribution in [0.2, 0.25) is 10.0 Å². The minimum Gasteiger partial charge on any atom is -0.351 e. The number of fused-ring (bicyclic) bond motifs is 2. The maximum atomic E-state index is 14.8. The number of halogens is 2. The monoisotopic (exact) mass is 731 g/mol. The Bertz CT molecular complexity index is 2240. The minimum atomic E-state index is -0.283. The van der Waals surface area contributed by atoms with Gasteiger partial charge in [0.1, 0.15) is 5.69 Å². The third-order valence-electron chi connectivity index (χ3n) is 10.2. The fraction of sp³-hybridized carbons (Fsp3) is 0.244. The summed E-state index contributed by atoms with van der Waals surface area (Å²) in [6.45, 7) is 4.55. The molecule has 1 fully saturated rings. The number of aromatic nitrogens is 2. The molecule has 2 N–H and O–H groups in total. The summed E-state index contributed by atoms with van der Waals surface area (Å²) in [6, 6.07) is 25.8. The van der Waals surface area contributed by atoms with Crippen molar-refractivity contribution in [2.75, 3.05) is 50.5 Å². The molecule has 3 amide bonds. The number of urea groups is 1. The number of allylic oxidation sites excluding steroid dienone is 2. The highest BCUT2D eigenvalue weighted by Gasteiger charge is 2.40. The first kappa shape index (κ1) is 33.9. The summed E-state index contributed by atoms with van der Waals surface area (Å²) in [5.41, 5.74) is 7.97. The molecule has 0 radical (unpaired) electrons. The van der Waals surface area contributed by atoms with E-state index in [4.69, 9.17) is 28.2 Å². The molecule has 0 bridgehead atoms. The van der Waals surface area contributed by atoms with Crippen LogP contribution >= 0.6 is 23.2 Å². The summed E-state index contributed by atoms with van der Waals surface area (Å²) in [4.78, 5) is 43.4. The van der Waals surface area contributed by atoms with Crippen LogP contribution in [0.25, 0.3) is 22.2 Å². The zero-order valence-electron chi connectivity index (χ0n) is 29.2. The number of anilines is 2. The van der Waals surface area contributed by atoms with E-state index >= 15 is 0 Å². The van der Waals surface area contributed by atoms with E-state index in [1.54, 1.807) is 25.2 Å². The maximum Gasteiger partial charge on any atom is 0.319 e. The van der Waals surface area contributed by atoms with Crippen LogP contribution in [-0.2, 0) is 0 Å². The van der Waals surface area contributed by atoms with Crippen molar-refractivity contribution < 1.29 is 9.59 Å². The number of carbonyl (C=O) groups excluding carboxylic acids is 2. The van der Waals surface area contributed by atoms with Crippen molar-refractivity contribution in [3.05, 3.63) is 135 Å². The number of hydrogen-bond donors (Lipinski definition) is 2. The van der Waals surface area contributed by atoms with Crippen LogP contribution in [0.4, 0.5) is 16.3 Å². The molecule has 3 aliphatic heterocycles. The summed E-state index contributed by atoms with van der Waals surface area (Å²) < 4.78 is 0. The van der Waals surface area contributed by atoms with Gasteiger partial charge >= 0.3 is 6.03 Å². The molecular formula is C41H39Cl2N7O2. The van der Waals surface area contributed by atoms with Crippen LogP contribution < -0.4 is 10.2 Å². The molecule has 5 aromatic rings. The predicted molar refractivity (Wildman–Crippen MR) is 210 cm³/mol. The van der Waals surface area contributed by atoms with Crippen LogP contribution in [0.5, 0.6) is 0 Å². The molecular weight excluding hydrogens is 693 g/mol. The SMILES string of the molecule is CC1CC=CN2C(=C1c1ccccc1)c1c(C(=O)Nc3cccnc3N3CCN(C(=O)N(C)C)CC3)[nH]c3cc(Cl)cc(c13)C2c1ccc(Cl)cc1. The van der Waals surface area contributed by atoms with Gasteiger partial charge in [0.25, 0.3) is 5.91 Å². The number of piperazine rings is 1. The second kappa shape index (κ2) is 13.7. The van der Waals surface area contributed by atoms with Gasteiger partial charge in [0, 0.05) is 79.2 Å². The van der Waals surface area contributed by atoms with Crippen LogP contribution in [0.1, 0.15) is 52.1 Å². The van der Waals surface area contributed by atoms with Crippen molar-refractivity contribution in [1.29, 1.82) is 0 Å². The standard InChI is InChI=1S/C41H39Cl2N7O2/c1-25-9-8-18-50-37(27-13-15-28(42)16-14-27)30-23-29(43)24-32-34(30)35(38(50)33(25)26-10-5-4-6-11-26)36(45-32)40(51)46-31-12-7-17-44-39(31)48-19-21-49(22-20-48)41(52)47(2)3/h4-8,10-18,23-25,37,45H,9,19-22H2,1-3H3,(H,46,51). The summed E-state index contributed by atoms with van der Waals surface area (Å²) in [6.07, 6.45) is 6.94. The predicted octanol–water partition coefficient (Wildman–Crippen LogP) is 8.75. The molecule has 2 aromatic heterocycles. The fourth-order valence-corrected chi connectivity index (χ4v) is 8.22. The van der Waals surface area contributed by atoms with Crippen LogP contribution in [0.3, 0.4) is 0 Å². The molecule has 0 aliphatic carbocycles. The second-order valence-electron chi connectivity index (χ2n) is 13.8. The number of nitrogens with one attached hydrogen (secondary N) is 2. The number of pyridine rings is 1. The Morgan fingerprint density at radius 1 is 0.923 bits per heavy atom. The van der Waals surface area contributed by atoms with Gasteiger partial charge in [-0.15, -0.1) is 0 Å². The zero-order chi connectivity index (χ0) is 36.1. The van der Waals surface area contributed by atoms with E-state index < -0.39 is 0 Å². The summed E-state index contributed by atoms with van der Waals surface area (Å²) >= 11 is 13.2. The Kier molecular flexibility index (Phi) is 8.93. The summed E-state index contributed by atoms with van der Waals surface area (Å²) in [5, 5.41) is 5.43. The number of nitrogens with zero attached hydrogens (tertiary/aromatic N) is 5. The van der Waals surface area contributed by atoms with Gasteiger partial charge in [0.15, 0.2) is 5.82 Å². The van der Waals surface area contributed by atoms with Gasteiger partial charge in [-0.3, -0.25) is 4.79 Å². The molecule has 2 atom stereocenters. The highest BCUT2D eigenvalue weighted by molar-refractivity contribution is 6.32. The Labute approximate surface area is 313 Å². The fourth-order valence-electron chi connectivity index (χ4n) is 7.87. The molecule has 3 aromatic carbocycles. The Morgan fingerprint density at radius 2 is 1.67 bits per heavy atom. The van der Waals surface area contributed by atoms with E-state index in [0.29, 0.717) is 53.4 Å². The zero-order valence-corrected chi connectivity index (χ0v) is 30.7. The molecule has 5 heterocycles. The van der Waals surface area contributed by atoms with Crippen molar-refractivity contribution >= 4 is 68.8 Å². The average Bonchev–Trinajstić information content (AvgIpc) is 3.44. The number of aromatic amines is 1. The van der Waals surface area contributed by atoms with Gasteiger partial charge in [-0.2, -0.15) is 0 Å². The number of carbonyl (C=O) groups is 2. The summed E-state index contributed by atoms with van der Waals surface area (Å²) in [5.74, 6) is 0.540. The van der Waals surface area contributed by atoms with Gasteiger partial charge in [0.2, 0.25) is 0 Å². The average molecular weight is 733 g/mol. The third kappa shape index (κ3) is 5.97. The van der Waals surface area contributed by atoms with Crippen LogP contribution in [-0.4, -0.2) is 76.9 Å². The normalized spacial score (nSPS) is 18.4. The van der Waals surface area contributed by atoms with Crippen molar-refractivity contribution in [1.82, 2.24) is 24.7 Å². The lowest BCUT2D eigenvalue weighted by Gasteiger charge is -2.39. The van der Waals surface area contributed by atoms with E-state index in [-0.39, 0.29) is 23.9 Å². The van der Waals surface area contributed by atoms with Crippen molar-refractivity contribution in [2.24, 2.45) is 5.92 Å². The smallest absolute Gasteiger partial charge is 0.319 e. The molecule has 11 heteroatoms. The second-order valence-corrected chi connectivity index (χ2v) is 14.7. The lowest BCUT2D eigenvalue weighted by molar-refractivity contribution is 0.102. The molecule has 0 spiro atoms. The molecule has 3 aliphatic rings. The molecule has 1 saturated heterocycles. The third-order valence-corrected chi connectivity index (χ3v) is 10.7. The molecule has 2 unspecified atom stereocenters. The van der Waals surface area contributed by atoms with E-state index in [1.807, 2.05) is 47.4 Å². The Morgan fingerprint density at radius 3 is 2.40 bits per heavy atom. The number of benzene rings is 3. The highest BCUT2D eigenvalue weighted by Crippen LogP contribution is 2.53. The molecule has 9 nitrogen and oxygen atoms in total. The maximum absolute atomic E-state index is 14.8. The topological polar surface area (TPSA) is 87.8 Å². The molecule has 52 heavy (non-hydrogen) atoms. The van der Waals surface area contributed by atoms with Gasteiger partial charge in [-0.1, -0.05) is 78.7 Å². The molecule has 0 saturated carbocycles. The Hall–Kier alpha value is -5.25. The van der Waals surface area contributed by atoms with Crippen LogP contribution in [0, 0.1) is 5.92 Å². The van der Waals surface area contributed by atoms with E-state index in [9.17, 15) is 9.59 Å². The first-order chi connectivity index (χ1) is 25.2. The van der Waals surface area contributed by atoms with Crippen LogP contribution in [0.15, 0.2) is 97.3 Å². The van der Waals surface area contributed by atoms with E-state index in [2.05, 4.69) is 75.7 Å². The van der Waals surface area contributed by atoms with Crippen molar-refractivity contribution in [3.63, 3.8) is 0 Å². The first-order valence-corrected chi connectivity index (χ1v) is 18.3. The van der Waals surface area contributed by atoms with Crippen molar-refractivity contribution in [2.45, 2.75) is 19.4 Å². The van der Waals surface area contributed by atoms with Gasteiger partial charge < -0.3 is 29.9 Å². The number of amides is 3. The highest BCUT2D eigenvalue weighted by atomic mass is 35.5. The van der Waals surface area contributed by atoms with E-state index in [1.165, 1.54) is 0 Å². The quantitative estimate of drug-likeness (QED) is 0.189. The van der Waals surface area contributed by atoms with E-state index in [0.717, 1.165) is 50.8 Å². The first-order valence-electron chi connectivity index (χ1n) is 17.5. The van der Waals surface area contributed by atoms with Crippen molar-refractivity contribution in [3.8, 4) is 0 Å². The minimum absolute atomic E-state index is 0.0133.